The first-order valence-electron chi connectivity index (χ1n) is 7.67. The van der Waals surface area contributed by atoms with Crippen molar-refractivity contribution in [2.75, 3.05) is 6.54 Å². The van der Waals surface area contributed by atoms with Gasteiger partial charge in [0.1, 0.15) is 0 Å². The summed E-state index contributed by atoms with van der Waals surface area (Å²) in [7, 11) is 0. The van der Waals surface area contributed by atoms with E-state index in [0.717, 1.165) is 29.8 Å². The molecule has 1 heterocycles. The Morgan fingerprint density at radius 3 is 2.52 bits per heavy atom. The third-order valence-electron chi connectivity index (χ3n) is 3.37. The van der Waals surface area contributed by atoms with Crippen LogP contribution in [-0.2, 0) is 26.5 Å². The molecule has 0 saturated carbocycles. The number of nitrogens with zero attached hydrogens (tertiary/aromatic N) is 1. The van der Waals surface area contributed by atoms with Gasteiger partial charge in [-0.2, -0.15) is 0 Å². The van der Waals surface area contributed by atoms with E-state index in [1.807, 2.05) is 12.1 Å². The molecule has 1 aliphatic rings. The van der Waals surface area contributed by atoms with Crippen molar-refractivity contribution < 1.29 is 34.4 Å². The molecule has 5 heteroatoms. The molecule has 0 fully saturated rings. The Kier molecular flexibility index (Phi) is 8.39. The average molecular weight is 518 g/mol. The average Bonchev–Trinajstić information content (AvgIpc) is 2.54. The number of aliphatic hydroxyl groups is 1. The number of halogens is 1. The van der Waals surface area contributed by atoms with Crippen LogP contribution >= 0.6 is 0 Å². The number of hydrogen-bond donors (Lipinski definition) is 1. The molecule has 0 aliphatic carbocycles. The van der Waals surface area contributed by atoms with Crippen molar-refractivity contribution in [2.24, 2.45) is 4.99 Å². The van der Waals surface area contributed by atoms with Crippen molar-refractivity contribution >= 4 is 11.5 Å². The summed E-state index contributed by atoms with van der Waals surface area (Å²) < 4.78 is 12.9. The van der Waals surface area contributed by atoms with Crippen LogP contribution in [0.2, 0.25) is 0 Å². The molecule has 2 aromatic carbocycles. The van der Waals surface area contributed by atoms with Crippen LogP contribution in [0.5, 0.6) is 0 Å². The third kappa shape index (κ3) is 6.37. The Labute approximate surface area is 160 Å². The Bertz CT molecular complexity index is 779. The molecule has 2 aromatic rings. The van der Waals surface area contributed by atoms with E-state index in [9.17, 15) is 4.39 Å². The summed E-state index contributed by atoms with van der Waals surface area (Å²) in [5.74, 6) is -0.0153. The van der Waals surface area contributed by atoms with Crippen LogP contribution in [0.25, 0.3) is 0 Å². The van der Waals surface area contributed by atoms with E-state index < -0.39 is 0 Å². The Hall–Kier alpha value is -2.10. The minimum absolute atomic E-state index is 0. The van der Waals surface area contributed by atoms with Crippen molar-refractivity contribution in [3.05, 3.63) is 82.9 Å². The maximum Gasteiger partial charge on any atom is 0.316 e. The van der Waals surface area contributed by atoms with Gasteiger partial charge in [0.2, 0.25) is 0 Å². The first kappa shape index (κ1) is 20.9. The standard InChI is InChI=1S/C15H11FN.C5H8O2.Ir/c16-13-7-5-12(6-8-13)15-14-4-2-1-3-11(14)9-10-17-15;1-4(6)3-5(2)7;/h1-5,7-8H,9-10H2;3,6H,1-2H3;/q-1;;/p+1/b;4-3-;. The van der Waals surface area contributed by atoms with E-state index >= 15 is 0 Å². The molecule has 0 bridgehead atoms. The Morgan fingerprint density at radius 2 is 1.96 bits per heavy atom. The van der Waals surface area contributed by atoms with Gasteiger partial charge >= 0.3 is 5.78 Å². The quantitative estimate of drug-likeness (QED) is 0.278. The molecule has 0 atom stereocenters. The van der Waals surface area contributed by atoms with E-state index in [-0.39, 0.29) is 37.5 Å². The zero-order valence-electron chi connectivity index (χ0n) is 14.1. The van der Waals surface area contributed by atoms with E-state index in [0.29, 0.717) is 0 Å². The number of aliphatic hydroxyl groups excluding tert-OH is 1. The minimum Gasteiger partial charge on any atom is -0.512 e. The van der Waals surface area contributed by atoms with Crippen molar-refractivity contribution in [2.45, 2.75) is 20.3 Å². The molecule has 1 aliphatic heterocycles. The first-order valence-corrected chi connectivity index (χ1v) is 7.67. The number of allylic oxidation sites excluding steroid dienone is 2. The van der Waals surface area contributed by atoms with Crippen LogP contribution in [0.4, 0.5) is 4.39 Å². The number of ketones is 1. The van der Waals surface area contributed by atoms with Gasteiger partial charge in [-0.1, -0.05) is 24.3 Å². The molecular formula is C20H20FIrNO2. The normalized spacial score (nSPS) is 12.8. The van der Waals surface area contributed by atoms with Crippen LogP contribution in [0.15, 0.2) is 59.3 Å². The Morgan fingerprint density at radius 1 is 1.24 bits per heavy atom. The van der Waals surface area contributed by atoms with Gasteiger partial charge in [0.05, 0.1) is 18.8 Å². The van der Waals surface area contributed by atoms with Crippen LogP contribution in [0.1, 0.15) is 30.5 Å². The van der Waals surface area contributed by atoms with Gasteiger partial charge in [0, 0.05) is 32.5 Å². The van der Waals surface area contributed by atoms with E-state index in [4.69, 9.17) is 9.90 Å². The summed E-state index contributed by atoms with van der Waals surface area (Å²) >= 11 is 0. The number of aliphatic imine (C=N–C) groups is 1. The summed E-state index contributed by atoms with van der Waals surface area (Å²) in [6, 6.07) is 15.7. The first-order chi connectivity index (χ1) is 11.5. The SMILES string of the molecule is CC(=[OH+])/C=C(/C)O.Fc1c[c-]c(C2=NCCc3ccccc32)cc1.[Ir]. The van der Waals surface area contributed by atoms with Gasteiger partial charge in [-0.15, -0.1) is 29.8 Å². The van der Waals surface area contributed by atoms with Crippen molar-refractivity contribution in [3.63, 3.8) is 0 Å². The number of rotatable bonds is 2. The summed E-state index contributed by atoms with van der Waals surface area (Å²) in [4.78, 5) is 12.9. The molecule has 0 unspecified atom stereocenters. The van der Waals surface area contributed by atoms with E-state index in [2.05, 4.69) is 23.2 Å². The van der Waals surface area contributed by atoms with E-state index in [1.54, 1.807) is 6.07 Å². The van der Waals surface area contributed by atoms with Gasteiger partial charge in [-0.25, -0.2) is 0 Å². The molecule has 0 saturated heterocycles. The monoisotopic (exact) mass is 518 g/mol. The zero-order chi connectivity index (χ0) is 17.5. The van der Waals surface area contributed by atoms with Crippen molar-refractivity contribution in [1.29, 1.82) is 0 Å². The Balaban J connectivity index is 0.000000339. The topological polar surface area (TPSA) is 54.0 Å². The summed E-state index contributed by atoms with van der Waals surface area (Å²) in [6.07, 6.45) is 2.25. The molecule has 0 spiro atoms. The van der Waals surface area contributed by atoms with E-state index in [1.165, 1.54) is 37.6 Å². The molecule has 133 valence electrons. The summed E-state index contributed by atoms with van der Waals surface area (Å²) in [5, 5.41) is 8.40. The number of hydrogen-bond acceptors (Lipinski definition) is 2. The third-order valence-corrected chi connectivity index (χ3v) is 3.37. The van der Waals surface area contributed by atoms with Gasteiger partial charge < -0.3 is 10.1 Å². The largest absolute Gasteiger partial charge is 0.512 e. The van der Waals surface area contributed by atoms with Crippen LogP contribution in [0.3, 0.4) is 0 Å². The minimum atomic E-state index is -0.265. The molecule has 3 rings (SSSR count). The zero-order valence-corrected chi connectivity index (χ0v) is 16.5. The molecule has 25 heavy (non-hydrogen) atoms. The molecule has 2 N–H and O–H groups in total. The fourth-order valence-electron chi connectivity index (χ4n) is 2.43. The van der Waals surface area contributed by atoms with Crippen LogP contribution in [0, 0.1) is 11.9 Å². The van der Waals surface area contributed by atoms with Gasteiger partial charge in [-0.3, -0.25) is 9.18 Å². The smallest absolute Gasteiger partial charge is 0.316 e. The molecule has 0 amide bonds. The second-order valence-corrected chi connectivity index (χ2v) is 5.49. The molecular weight excluding hydrogens is 497 g/mol. The maximum absolute atomic E-state index is 12.9. The fourth-order valence-corrected chi connectivity index (χ4v) is 2.43. The van der Waals surface area contributed by atoms with Gasteiger partial charge in [-0.05, 0) is 30.2 Å². The van der Waals surface area contributed by atoms with Crippen LogP contribution in [-0.4, -0.2) is 27.9 Å². The summed E-state index contributed by atoms with van der Waals surface area (Å²) in [5.41, 5.74) is 4.22. The number of benzene rings is 2. The van der Waals surface area contributed by atoms with Crippen molar-refractivity contribution in [1.82, 2.24) is 0 Å². The fraction of sp³-hybridized carbons (Fsp3) is 0.200. The predicted octanol–water partition coefficient (Wildman–Crippen LogP) is 4.03. The predicted molar refractivity (Wildman–Crippen MR) is 94.9 cm³/mol. The number of fused-ring (bicyclic) bond motifs is 1. The second-order valence-electron chi connectivity index (χ2n) is 5.49. The van der Waals surface area contributed by atoms with Crippen molar-refractivity contribution in [3.8, 4) is 0 Å². The van der Waals surface area contributed by atoms with Gasteiger partial charge in [0.25, 0.3) is 0 Å². The second kappa shape index (κ2) is 10.0. The van der Waals surface area contributed by atoms with Gasteiger partial charge in [0.15, 0.2) is 0 Å². The molecule has 0 aromatic heterocycles. The summed E-state index contributed by atoms with van der Waals surface area (Å²) in [6.45, 7) is 3.79. The molecule has 1 radical (unpaired) electrons. The number of carbonyl (C=O) groups excluding carboxylic acids is 1. The molecule has 3 nitrogen and oxygen atoms in total. The van der Waals surface area contributed by atoms with Crippen LogP contribution < -0.4 is 0 Å². The maximum atomic E-state index is 12.9.